The standard InChI is InChI=1S/C28H28F5N3O2/c1-3-17(2)18-4-10-21(11-5-18)38-16-22(37)34-19-6-8-20(9-7-19)35-12-14-36(15-13-35)28-26(32)24(30)23(29)25(31)27(28)33/h4-11,17H,3,12-16H2,1-2H3,(H,34,37)/t17-/m1/s1. The molecule has 3 aromatic rings. The van der Waals surface area contributed by atoms with E-state index in [1.807, 2.05) is 29.2 Å². The first-order valence-corrected chi connectivity index (χ1v) is 12.3. The number of carbonyl (C=O) groups excluding carboxylic acids is 1. The molecule has 1 aliphatic rings. The van der Waals surface area contributed by atoms with Gasteiger partial charge in [-0.15, -0.1) is 0 Å². The van der Waals surface area contributed by atoms with Crippen LogP contribution in [0.25, 0.3) is 0 Å². The van der Waals surface area contributed by atoms with Crippen LogP contribution in [-0.4, -0.2) is 38.7 Å². The first-order valence-electron chi connectivity index (χ1n) is 12.3. The third-order valence-corrected chi connectivity index (χ3v) is 6.73. The Hall–Kier alpha value is -3.82. The number of nitrogens with zero attached hydrogens (tertiary/aromatic N) is 2. The molecule has 1 N–H and O–H groups in total. The molecule has 1 heterocycles. The molecule has 5 nitrogen and oxygen atoms in total. The van der Waals surface area contributed by atoms with E-state index in [1.54, 1.807) is 24.3 Å². The van der Waals surface area contributed by atoms with E-state index in [9.17, 15) is 26.7 Å². The van der Waals surface area contributed by atoms with Gasteiger partial charge in [0.05, 0.1) is 0 Å². The Balaban J connectivity index is 1.29. The largest absolute Gasteiger partial charge is 0.484 e. The van der Waals surface area contributed by atoms with E-state index in [0.29, 0.717) is 30.4 Å². The molecule has 0 saturated carbocycles. The van der Waals surface area contributed by atoms with Gasteiger partial charge in [-0.2, -0.15) is 0 Å². The Kier molecular flexibility index (Phi) is 8.38. The number of amides is 1. The van der Waals surface area contributed by atoms with Crippen LogP contribution >= 0.6 is 0 Å². The Bertz CT molecular complexity index is 1250. The van der Waals surface area contributed by atoms with Gasteiger partial charge in [-0.25, -0.2) is 22.0 Å². The van der Waals surface area contributed by atoms with Crippen LogP contribution in [0.5, 0.6) is 5.75 Å². The molecule has 1 aliphatic heterocycles. The normalized spacial score (nSPS) is 14.4. The van der Waals surface area contributed by atoms with Crippen molar-refractivity contribution in [2.75, 3.05) is 47.9 Å². The molecular formula is C28H28F5N3O2. The Morgan fingerprint density at radius 3 is 1.89 bits per heavy atom. The molecular weight excluding hydrogens is 505 g/mol. The highest BCUT2D eigenvalue weighted by molar-refractivity contribution is 5.92. The van der Waals surface area contributed by atoms with E-state index >= 15 is 0 Å². The SMILES string of the molecule is CC[C@@H](C)c1ccc(OCC(=O)Nc2ccc(N3CCN(c4c(F)c(F)c(F)c(F)c4F)CC3)cc2)cc1. The Morgan fingerprint density at radius 2 is 1.34 bits per heavy atom. The van der Waals surface area contributed by atoms with Crippen LogP contribution in [-0.2, 0) is 4.79 Å². The van der Waals surface area contributed by atoms with Gasteiger partial charge in [0.25, 0.3) is 5.91 Å². The van der Waals surface area contributed by atoms with Crippen LogP contribution in [0, 0.1) is 29.1 Å². The molecule has 202 valence electrons. The highest BCUT2D eigenvalue weighted by atomic mass is 19.2. The summed E-state index contributed by atoms with van der Waals surface area (Å²) in [5.41, 5.74) is 1.66. The number of rotatable bonds is 8. The van der Waals surface area contributed by atoms with Crippen molar-refractivity contribution in [1.82, 2.24) is 0 Å². The lowest BCUT2D eigenvalue weighted by Crippen LogP contribution is -2.47. The van der Waals surface area contributed by atoms with Crippen LogP contribution in [0.3, 0.4) is 0 Å². The van der Waals surface area contributed by atoms with Crippen molar-refractivity contribution in [1.29, 1.82) is 0 Å². The summed E-state index contributed by atoms with van der Waals surface area (Å²) < 4.78 is 74.4. The second-order valence-corrected chi connectivity index (χ2v) is 9.15. The van der Waals surface area contributed by atoms with Crippen molar-refractivity contribution in [3.05, 3.63) is 83.2 Å². The molecule has 38 heavy (non-hydrogen) atoms. The average molecular weight is 534 g/mol. The number of benzene rings is 3. The molecule has 1 amide bonds. The zero-order valence-electron chi connectivity index (χ0n) is 21.0. The molecule has 0 unspecified atom stereocenters. The highest BCUT2D eigenvalue weighted by Gasteiger charge is 2.30. The second kappa shape index (κ2) is 11.7. The summed E-state index contributed by atoms with van der Waals surface area (Å²) in [6.07, 6.45) is 1.04. The number of hydrogen-bond acceptors (Lipinski definition) is 4. The number of ether oxygens (including phenoxy) is 1. The minimum absolute atomic E-state index is 0.0620. The van der Waals surface area contributed by atoms with Crippen LogP contribution in [0.2, 0.25) is 0 Å². The summed E-state index contributed by atoms with van der Waals surface area (Å²) in [6, 6.07) is 14.6. The van der Waals surface area contributed by atoms with Crippen LogP contribution in [0.15, 0.2) is 48.5 Å². The number of hydrogen-bond donors (Lipinski definition) is 1. The first kappa shape index (κ1) is 27.2. The zero-order chi connectivity index (χ0) is 27.4. The van der Waals surface area contributed by atoms with Gasteiger partial charge in [0.1, 0.15) is 11.4 Å². The first-order chi connectivity index (χ1) is 18.2. The molecule has 10 heteroatoms. The maximum Gasteiger partial charge on any atom is 0.262 e. The van der Waals surface area contributed by atoms with Crippen LogP contribution < -0.4 is 19.9 Å². The fourth-order valence-electron chi connectivity index (χ4n) is 4.29. The molecule has 0 radical (unpaired) electrons. The summed E-state index contributed by atoms with van der Waals surface area (Å²) in [6.45, 7) is 4.85. The van der Waals surface area contributed by atoms with Gasteiger partial charge in [-0.3, -0.25) is 4.79 Å². The molecule has 1 atom stereocenters. The van der Waals surface area contributed by atoms with Crippen molar-refractivity contribution in [2.24, 2.45) is 0 Å². The number of anilines is 3. The van der Waals surface area contributed by atoms with Gasteiger partial charge in [0.2, 0.25) is 5.82 Å². The Labute approximate surface area is 217 Å². The maximum absolute atomic E-state index is 14.1. The molecule has 1 fully saturated rings. The maximum atomic E-state index is 14.1. The van der Waals surface area contributed by atoms with Gasteiger partial charge >= 0.3 is 0 Å². The fourth-order valence-corrected chi connectivity index (χ4v) is 4.29. The molecule has 4 rings (SSSR count). The van der Waals surface area contributed by atoms with Gasteiger partial charge in [0, 0.05) is 37.6 Å². The van der Waals surface area contributed by atoms with E-state index < -0.39 is 34.8 Å². The monoisotopic (exact) mass is 533 g/mol. The van der Waals surface area contributed by atoms with Crippen LogP contribution in [0.4, 0.5) is 39.0 Å². The van der Waals surface area contributed by atoms with Crippen molar-refractivity contribution >= 4 is 23.0 Å². The lowest BCUT2D eigenvalue weighted by molar-refractivity contribution is -0.118. The smallest absolute Gasteiger partial charge is 0.262 e. The quantitative estimate of drug-likeness (QED) is 0.212. The van der Waals surface area contributed by atoms with Crippen molar-refractivity contribution in [3.63, 3.8) is 0 Å². The van der Waals surface area contributed by atoms with Crippen LogP contribution in [0.1, 0.15) is 31.7 Å². The lowest BCUT2D eigenvalue weighted by atomic mass is 9.99. The lowest BCUT2D eigenvalue weighted by Gasteiger charge is -2.37. The number of carbonyl (C=O) groups is 1. The summed E-state index contributed by atoms with van der Waals surface area (Å²) in [4.78, 5) is 15.4. The molecule has 0 spiro atoms. The summed E-state index contributed by atoms with van der Waals surface area (Å²) in [5.74, 6) is -9.00. The Morgan fingerprint density at radius 1 is 0.816 bits per heavy atom. The predicted octanol–water partition coefficient (Wildman–Crippen LogP) is 6.24. The van der Waals surface area contributed by atoms with Gasteiger partial charge in [-0.1, -0.05) is 26.0 Å². The third kappa shape index (κ3) is 5.84. The van der Waals surface area contributed by atoms with Crippen molar-refractivity contribution < 1.29 is 31.5 Å². The van der Waals surface area contributed by atoms with Crippen molar-refractivity contribution in [3.8, 4) is 5.75 Å². The summed E-state index contributed by atoms with van der Waals surface area (Å²) >= 11 is 0. The third-order valence-electron chi connectivity index (χ3n) is 6.73. The summed E-state index contributed by atoms with van der Waals surface area (Å²) in [7, 11) is 0. The predicted molar refractivity (Wildman–Crippen MR) is 136 cm³/mol. The minimum Gasteiger partial charge on any atom is -0.484 e. The minimum atomic E-state index is -2.17. The highest BCUT2D eigenvalue weighted by Crippen LogP contribution is 2.31. The second-order valence-electron chi connectivity index (χ2n) is 9.15. The average Bonchev–Trinajstić information content (AvgIpc) is 2.94. The van der Waals surface area contributed by atoms with Gasteiger partial charge in [0.15, 0.2) is 29.9 Å². The van der Waals surface area contributed by atoms with E-state index in [1.165, 1.54) is 5.56 Å². The van der Waals surface area contributed by atoms with E-state index in [4.69, 9.17) is 4.74 Å². The van der Waals surface area contributed by atoms with Crippen molar-refractivity contribution in [2.45, 2.75) is 26.2 Å². The molecule has 0 aliphatic carbocycles. The number of halogens is 5. The number of piperazine rings is 1. The number of nitrogens with one attached hydrogen (secondary N) is 1. The molecule has 3 aromatic carbocycles. The molecule has 0 bridgehead atoms. The topological polar surface area (TPSA) is 44.8 Å². The fraction of sp³-hybridized carbons (Fsp3) is 0.321. The van der Waals surface area contributed by atoms with E-state index in [0.717, 1.165) is 17.0 Å². The van der Waals surface area contributed by atoms with Gasteiger partial charge in [-0.05, 0) is 54.3 Å². The molecule has 0 aromatic heterocycles. The zero-order valence-corrected chi connectivity index (χ0v) is 21.0. The van der Waals surface area contributed by atoms with E-state index in [2.05, 4.69) is 19.2 Å². The summed E-state index contributed by atoms with van der Waals surface area (Å²) in [5, 5.41) is 2.76. The van der Waals surface area contributed by atoms with Gasteiger partial charge < -0.3 is 19.9 Å². The van der Waals surface area contributed by atoms with E-state index in [-0.39, 0.29) is 25.6 Å². The molecule has 1 saturated heterocycles.